The first kappa shape index (κ1) is 21.7. The molecular weight excluding hydrogens is 406 g/mol. The van der Waals surface area contributed by atoms with Crippen molar-refractivity contribution in [2.24, 2.45) is 0 Å². The number of amides is 2. The summed E-state index contributed by atoms with van der Waals surface area (Å²) in [5, 5.41) is 5.68. The molecule has 0 bridgehead atoms. The van der Waals surface area contributed by atoms with Crippen molar-refractivity contribution in [2.45, 2.75) is 43.8 Å². The van der Waals surface area contributed by atoms with Crippen LogP contribution in [-0.2, 0) is 4.79 Å². The van der Waals surface area contributed by atoms with Gasteiger partial charge in [0.15, 0.2) is 11.0 Å². The Kier molecular flexibility index (Phi) is 7.34. The van der Waals surface area contributed by atoms with Gasteiger partial charge in [0.2, 0.25) is 5.91 Å². The monoisotopic (exact) mass is 431 g/mol. The fraction of sp³-hybridized carbons (Fsp3) is 0.400. The molecule has 5 N–H and O–H groups in total. The van der Waals surface area contributed by atoms with Crippen molar-refractivity contribution in [3.05, 3.63) is 40.2 Å². The van der Waals surface area contributed by atoms with E-state index < -0.39 is 11.5 Å². The van der Waals surface area contributed by atoms with E-state index in [0.29, 0.717) is 17.9 Å². The minimum atomic E-state index is -0.583. The predicted octanol–water partition coefficient (Wildman–Crippen LogP) is 2.15. The molecule has 0 atom stereocenters. The van der Waals surface area contributed by atoms with Gasteiger partial charge in [-0.15, -0.1) is 0 Å². The van der Waals surface area contributed by atoms with Crippen LogP contribution in [-0.4, -0.2) is 40.2 Å². The zero-order valence-electron chi connectivity index (χ0n) is 16.7. The summed E-state index contributed by atoms with van der Waals surface area (Å²) < 4.78 is 5.34. The van der Waals surface area contributed by atoms with Crippen LogP contribution in [0.5, 0.6) is 5.75 Å². The van der Waals surface area contributed by atoms with Crippen molar-refractivity contribution in [1.29, 1.82) is 0 Å². The average molecular weight is 432 g/mol. The second kappa shape index (κ2) is 10.1. The Morgan fingerprint density at radius 2 is 1.97 bits per heavy atom. The molecule has 0 unspecified atom stereocenters. The van der Waals surface area contributed by atoms with Crippen molar-refractivity contribution >= 4 is 35.1 Å². The molecule has 1 aromatic carbocycles. The number of anilines is 2. The number of thioether (sulfide) groups is 1. The molecule has 1 saturated carbocycles. The van der Waals surface area contributed by atoms with Crippen LogP contribution >= 0.6 is 11.8 Å². The van der Waals surface area contributed by atoms with Gasteiger partial charge < -0.3 is 21.1 Å². The largest absolute Gasteiger partial charge is 0.494 e. The minimum Gasteiger partial charge on any atom is -0.494 e. The van der Waals surface area contributed by atoms with Gasteiger partial charge in [-0.25, -0.2) is 4.98 Å². The smallest absolute Gasteiger partial charge is 0.277 e. The Hall–Kier alpha value is -3.01. The van der Waals surface area contributed by atoms with Gasteiger partial charge in [-0.2, -0.15) is 0 Å². The standard InChI is InChI=1S/C20H25N5O4S/c1-2-29-14-9-7-12(8-10-14)18(27)23-16-17(21)24-20(25-19(16)28)30-11-15(26)22-13-5-3-4-6-13/h7-10,13H,2-6,11H2,1H3,(H,22,26)(H,23,27)(H3,21,24,25,28). The molecule has 2 amide bonds. The number of carbonyl (C=O) groups excluding carboxylic acids is 2. The Balaban J connectivity index is 1.60. The highest BCUT2D eigenvalue weighted by atomic mass is 32.2. The van der Waals surface area contributed by atoms with Gasteiger partial charge in [-0.1, -0.05) is 24.6 Å². The lowest BCUT2D eigenvalue weighted by atomic mass is 10.2. The predicted molar refractivity (Wildman–Crippen MR) is 116 cm³/mol. The summed E-state index contributed by atoms with van der Waals surface area (Å²) in [6.07, 6.45) is 4.27. The average Bonchev–Trinajstić information content (AvgIpc) is 3.23. The molecule has 3 rings (SSSR count). The number of nitrogens with two attached hydrogens (primary N) is 1. The fourth-order valence-corrected chi connectivity index (χ4v) is 3.87. The van der Waals surface area contributed by atoms with Crippen LogP contribution in [0.2, 0.25) is 0 Å². The van der Waals surface area contributed by atoms with E-state index in [1.54, 1.807) is 24.3 Å². The van der Waals surface area contributed by atoms with Crippen molar-refractivity contribution in [3.8, 4) is 5.75 Å². The highest BCUT2D eigenvalue weighted by molar-refractivity contribution is 7.99. The first-order valence-electron chi connectivity index (χ1n) is 9.82. The number of H-pyrrole nitrogens is 1. The second-order valence-corrected chi connectivity index (χ2v) is 7.84. The van der Waals surface area contributed by atoms with E-state index in [9.17, 15) is 14.4 Å². The molecule has 0 spiro atoms. The van der Waals surface area contributed by atoms with Gasteiger partial charge in [-0.3, -0.25) is 19.4 Å². The highest BCUT2D eigenvalue weighted by Crippen LogP contribution is 2.20. The highest BCUT2D eigenvalue weighted by Gasteiger charge is 2.18. The third-order valence-corrected chi connectivity index (χ3v) is 5.53. The Morgan fingerprint density at radius 1 is 1.27 bits per heavy atom. The van der Waals surface area contributed by atoms with Gasteiger partial charge in [-0.05, 0) is 44.0 Å². The molecule has 10 heteroatoms. The van der Waals surface area contributed by atoms with Gasteiger partial charge in [0.25, 0.3) is 11.5 Å². The summed E-state index contributed by atoms with van der Waals surface area (Å²) in [7, 11) is 0. The number of nitrogens with zero attached hydrogens (tertiary/aromatic N) is 1. The molecule has 0 aliphatic heterocycles. The molecule has 1 fully saturated rings. The number of hydrogen-bond donors (Lipinski definition) is 4. The SMILES string of the molecule is CCOc1ccc(C(=O)Nc2c(N)nc(SCC(=O)NC3CCCC3)[nH]c2=O)cc1. The molecule has 1 aliphatic rings. The number of ether oxygens (including phenoxy) is 1. The van der Waals surface area contributed by atoms with Gasteiger partial charge in [0.1, 0.15) is 11.4 Å². The number of aromatic amines is 1. The van der Waals surface area contributed by atoms with E-state index in [0.717, 1.165) is 37.4 Å². The number of nitrogen functional groups attached to an aromatic ring is 1. The number of carbonyl (C=O) groups is 2. The second-order valence-electron chi connectivity index (χ2n) is 6.88. The van der Waals surface area contributed by atoms with Crippen LogP contribution in [0.3, 0.4) is 0 Å². The van der Waals surface area contributed by atoms with Crippen LogP contribution in [0.15, 0.2) is 34.2 Å². The van der Waals surface area contributed by atoms with Crippen molar-refractivity contribution in [3.63, 3.8) is 0 Å². The van der Waals surface area contributed by atoms with E-state index in [-0.39, 0.29) is 34.4 Å². The Labute approximate surface area is 178 Å². The lowest BCUT2D eigenvalue weighted by Gasteiger charge is -2.12. The lowest BCUT2D eigenvalue weighted by Crippen LogP contribution is -2.34. The summed E-state index contributed by atoms with van der Waals surface area (Å²) >= 11 is 1.09. The molecule has 160 valence electrons. The molecule has 1 heterocycles. The van der Waals surface area contributed by atoms with Crippen molar-refractivity contribution < 1.29 is 14.3 Å². The summed E-state index contributed by atoms with van der Waals surface area (Å²) in [6, 6.07) is 6.74. The van der Waals surface area contributed by atoms with E-state index in [4.69, 9.17) is 10.5 Å². The Morgan fingerprint density at radius 3 is 2.60 bits per heavy atom. The maximum absolute atomic E-state index is 12.4. The third kappa shape index (κ3) is 5.76. The number of benzene rings is 1. The number of rotatable bonds is 8. The number of aromatic nitrogens is 2. The fourth-order valence-electron chi connectivity index (χ4n) is 3.19. The molecule has 0 radical (unpaired) electrons. The van der Waals surface area contributed by atoms with Crippen molar-refractivity contribution in [2.75, 3.05) is 23.4 Å². The third-order valence-electron chi connectivity index (χ3n) is 4.65. The summed E-state index contributed by atoms with van der Waals surface area (Å²) in [5.41, 5.74) is 5.50. The molecule has 0 saturated heterocycles. The summed E-state index contributed by atoms with van der Waals surface area (Å²) in [6.45, 7) is 2.39. The minimum absolute atomic E-state index is 0.110. The number of hydrogen-bond acceptors (Lipinski definition) is 7. The Bertz CT molecular complexity index is 955. The maximum Gasteiger partial charge on any atom is 0.277 e. The zero-order valence-corrected chi connectivity index (χ0v) is 17.5. The van der Waals surface area contributed by atoms with Gasteiger partial charge >= 0.3 is 0 Å². The van der Waals surface area contributed by atoms with Crippen LogP contribution < -0.4 is 26.7 Å². The van der Waals surface area contributed by atoms with Crippen LogP contribution in [0, 0.1) is 0 Å². The first-order valence-corrected chi connectivity index (χ1v) is 10.8. The topological polar surface area (TPSA) is 139 Å². The molecule has 9 nitrogen and oxygen atoms in total. The molecular formula is C20H25N5O4S. The van der Waals surface area contributed by atoms with Crippen LogP contribution in [0.4, 0.5) is 11.5 Å². The van der Waals surface area contributed by atoms with Crippen LogP contribution in [0.1, 0.15) is 43.0 Å². The van der Waals surface area contributed by atoms with Crippen LogP contribution in [0.25, 0.3) is 0 Å². The van der Waals surface area contributed by atoms with E-state index >= 15 is 0 Å². The molecule has 2 aromatic rings. The summed E-state index contributed by atoms with van der Waals surface area (Å²) in [4.78, 5) is 43.4. The maximum atomic E-state index is 12.4. The first-order chi connectivity index (χ1) is 14.5. The number of nitrogens with one attached hydrogen (secondary N) is 3. The van der Waals surface area contributed by atoms with E-state index in [2.05, 4.69) is 20.6 Å². The van der Waals surface area contributed by atoms with E-state index in [1.807, 2.05) is 6.92 Å². The van der Waals surface area contributed by atoms with Gasteiger partial charge in [0, 0.05) is 11.6 Å². The van der Waals surface area contributed by atoms with Gasteiger partial charge in [0.05, 0.1) is 12.4 Å². The zero-order chi connectivity index (χ0) is 21.5. The lowest BCUT2D eigenvalue weighted by molar-refractivity contribution is -0.119. The summed E-state index contributed by atoms with van der Waals surface area (Å²) in [5.74, 6) is 0.0501. The molecule has 1 aromatic heterocycles. The normalized spacial score (nSPS) is 13.8. The molecule has 1 aliphatic carbocycles. The quantitative estimate of drug-likeness (QED) is 0.371. The van der Waals surface area contributed by atoms with E-state index in [1.165, 1.54) is 0 Å². The van der Waals surface area contributed by atoms with Crippen molar-refractivity contribution in [1.82, 2.24) is 15.3 Å². The molecule has 30 heavy (non-hydrogen) atoms.